The molecule has 2 rings (SSSR count). The number of allylic oxidation sites excluding steroid dienone is 3. The van der Waals surface area contributed by atoms with E-state index in [0.29, 0.717) is 0 Å². The average Bonchev–Trinajstić information content (AvgIpc) is 2.94. The second kappa shape index (κ2) is 7.44. The van der Waals surface area contributed by atoms with Gasteiger partial charge in [0, 0.05) is 18.7 Å². The Kier molecular flexibility index (Phi) is 5.60. The van der Waals surface area contributed by atoms with Crippen LogP contribution in [0.15, 0.2) is 36.0 Å². The fraction of sp³-hybridized carbons (Fsp3) is 0.588. The van der Waals surface area contributed by atoms with Crippen LogP contribution in [-0.4, -0.2) is 48.4 Å². The van der Waals surface area contributed by atoms with Crippen LogP contribution in [0.3, 0.4) is 0 Å². The van der Waals surface area contributed by atoms with Gasteiger partial charge >= 0.3 is 0 Å². The van der Waals surface area contributed by atoms with Crippen LogP contribution in [0.5, 0.6) is 0 Å². The molecule has 0 aromatic rings. The summed E-state index contributed by atoms with van der Waals surface area (Å²) in [5.41, 5.74) is 1.76. The van der Waals surface area contributed by atoms with Crippen molar-refractivity contribution in [2.75, 3.05) is 32.7 Å². The van der Waals surface area contributed by atoms with Crippen molar-refractivity contribution in [2.45, 2.75) is 32.6 Å². The largest absolute Gasteiger partial charge is 0.338 e. The molecular formula is C17H26N2O. The molecule has 2 aliphatic rings. The highest BCUT2D eigenvalue weighted by atomic mass is 16.2. The molecule has 2 fully saturated rings. The Morgan fingerprint density at radius 3 is 2.65 bits per heavy atom. The number of amides is 1. The van der Waals surface area contributed by atoms with E-state index in [1.54, 1.807) is 0 Å². The van der Waals surface area contributed by atoms with Crippen LogP contribution in [-0.2, 0) is 4.79 Å². The lowest BCUT2D eigenvalue weighted by molar-refractivity contribution is -0.127. The van der Waals surface area contributed by atoms with Crippen molar-refractivity contribution < 1.29 is 4.79 Å². The van der Waals surface area contributed by atoms with E-state index in [0.717, 1.165) is 43.6 Å². The summed E-state index contributed by atoms with van der Waals surface area (Å²) in [6.45, 7) is 11.3. The zero-order chi connectivity index (χ0) is 14.4. The molecule has 0 aromatic carbocycles. The molecule has 0 saturated carbocycles. The molecule has 0 aromatic heterocycles. The molecular weight excluding hydrogens is 248 g/mol. The molecule has 1 amide bonds. The highest BCUT2D eigenvalue weighted by molar-refractivity contribution is 5.99. The van der Waals surface area contributed by atoms with Crippen LogP contribution in [0.1, 0.15) is 32.6 Å². The maximum atomic E-state index is 12.4. The third-order valence-electron chi connectivity index (χ3n) is 4.14. The Hall–Kier alpha value is -1.35. The Morgan fingerprint density at radius 2 is 1.95 bits per heavy atom. The number of hydrogen-bond acceptors (Lipinski definition) is 2. The van der Waals surface area contributed by atoms with Gasteiger partial charge in [0.25, 0.3) is 5.91 Å². The summed E-state index contributed by atoms with van der Waals surface area (Å²) < 4.78 is 0. The van der Waals surface area contributed by atoms with Gasteiger partial charge in [-0.15, -0.1) is 0 Å². The van der Waals surface area contributed by atoms with Crippen molar-refractivity contribution in [3.8, 4) is 0 Å². The second-order valence-corrected chi connectivity index (χ2v) is 5.65. The minimum Gasteiger partial charge on any atom is -0.338 e. The fourth-order valence-corrected chi connectivity index (χ4v) is 2.91. The normalized spacial score (nSPS) is 23.4. The van der Waals surface area contributed by atoms with Crippen molar-refractivity contribution in [3.63, 3.8) is 0 Å². The lowest BCUT2D eigenvalue weighted by Crippen LogP contribution is -2.39. The van der Waals surface area contributed by atoms with E-state index < -0.39 is 0 Å². The van der Waals surface area contributed by atoms with Crippen LogP contribution in [0.2, 0.25) is 0 Å². The highest BCUT2D eigenvalue weighted by Crippen LogP contribution is 2.22. The molecule has 3 nitrogen and oxygen atoms in total. The van der Waals surface area contributed by atoms with Crippen LogP contribution < -0.4 is 0 Å². The summed E-state index contributed by atoms with van der Waals surface area (Å²) in [5, 5.41) is 0. The topological polar surface area (TPSA) is 23.6 Å². The van der Waals surface area contributed by atoms with Crippen LogP contribution in [0.25, 0.3) is 0 Å². The van der Waals surface area contributed by atoms with E-state index in [1.807, 2.05) is 30.1 Å². The molecule has 20 heavy (non-hydrogen) atoms. The molecule has 2 heterocycles. The molecule has 3 heteroatoms. The number of carbonyl (C=O) groups excluding carboxylic acids is 1. The van der Waals surface area contributed by atoms with Crippen molar-refractivity contribution in [2.24, 2.45) is 0 Å². The molecule has 0 N–H and O–H groups in total. The summed E-state index contributed by atoms with van der Waals surface area (Å²) in [6.07, 6.45) is 10.4. The first-order chi connectivity index (χ1) is 9.72. The lowest BCUT2D eigenvalue weighted by atomic mass is 9.98. The third-order valence-corrected chi connectivity index (χ3v) is 4.14. The summed E-state index contributed by atoms with van der Waals surface area (Å²) in [4.78, 5) is 16.9. The number of piperidine rings is 1. The van der Waals surface area contributed by atoms with Crippen molar-refractivity contribution in [1.29, 1.82) is 0 Å². The van der Waals surface area contributed by atoms with E-state index in [4.69, 9.17) is 0 Å². The summed E-state index contributed by atoms with van der Waals surface area (Å²) in [6, 6.07) is 0. The maximum absolute atomic E-state index is 12.4. The van der Waals surface area contributed by atoms with Gasteiger partial charge in [-0.2, -0.15) is 0 Å². The Morgan fingerprint density at radius 1 is 1.20 bits per heavy atom. The van der Waals surface area contributed by atoms with Crippen molar-refractivity contribution in [1.82, 2.24) is 9.80 Å². The van der Waals surface area contributed by atoms with E-state index in [2.05, 4.69) is 11.5 Å². The van der Waals surface area contributed by atoms with E-state index in [-0.39, 0.29) is 5.91 Å². The summed E-state index contributed by atoms with van der Waals surface area (Å²) in [7, 11) is 0. The monoisotopic (exact) mass is 274 g/mol. The van der Waals surface area contributed by atoms with Gasteiger partial charge in [0.1, 0.15) is 0 Å². The van der Waals surface area contributed by atoms with E-state index in [1.165, 1.54) is 25.9 Å². The Balaban J connectivity index is 1.85. The van der Waals surface area contributed by atoms with Gasteiger partial charge < -0.3 is 9.80 Å². The van der Waals surface area contributed by atoms with Crippen molar-refractivity contribution >= 4 is 5.91 Å². The standard InChI is InChI=1S/C17H26N2O/c1-3-4-8-16-15(2)9-14-19(17(16)20)13-7-12-18-10-5-6-11-18/h3-4,8H,2,5-7,9-14H2,1H3/b4-3-,16-8+. The molecule has 2 aliphatic heterocycles. The lowest BCUT2D eigenvalue weighted by Gasteiger charge is -2.30. The first kappa shape index (κ1) is 15.0. The molecule has 110 valence electrons. The minimum atomic E-state index is 0.153. The van der Waals surface area contributed by atoms with Crippen LogP contribution in [0, 0.1) is 0 Å². The first-order valence-electron chi connectivity index (χ1n) is 7.75. The van der Waals surface area contributed by atoms with Gasteiger partial charge in [-0.1, -0.05) is 18.7 Å². The molecule has 0 bridgehead atoms. The quantitative estimate of drug-likeness (QED) is 0.720. The molecule has 0 atom stereocenters. The summed E-state index contributed by atoms with van der Waals surface area (Å²) >= 11 is 0. The third kappa shape index (κ3) is 3.83. The molecule has 2 saturated heterocycles. The predicted octanol–water partition coefficient (Wildman–Crippen LogP) is 2.76. The second-order valence-electron chi connectivity index (χ2n) is 5.65. The Labute approximate surface area is 122 Å². The molecule has 0 aliphatic carbocycles. The number of likely N-dealkylation sites (tertiary alicyclic amines) is 2. The Bertz CT molecular complexity index is 417. The minimum absolute atomic E-state index is 0.153. The average molecular weight is 274 g/mol. The fourth-order valence-electron chi connectivity index (χ4n) is 2.91. The zero-order valence-corrected chi connectivity index (χ0v) is 12.6. The number of carbonyl (C=O) groups is 1. The van der Waals surface area contributed by atoms with Gasteiger partial charge in [-0.25, -0.2) is 0 Å². The van der Waals surface area contributed by atoms with Gasteiger partial charge in [0.2, 0.25) is 0 Å². The summed E-state index contributed by atoms with van der Waals surface area (Å²) in [5.74, 6) is 0.153. The van der Waals surface area contributed by atoms with Crippen molar-refractivity contribution in [3.05, 3.63) is 36.0 Å². The van der Waals surface area contributed by atoms with E-state index >= 15 is 0 Å². The van der Waals surface area contributed by atoms with Gasteiger partial charge in [0.15, 0.2) is 0 Å². The van der Waals surface area contributed by atoms with Crippen LogP contribution >= 0.6 is 0 Å². The first-order valence-corrected chi connectivity index (χ1v) is 7.75. The SMILES string of the molecule is C=C1CCN(CCCN2CCCC2)C(=O)/C1=C/C=C\C. The number of nitrogens with zero attached hydrogens (tertiary/aromatic N) is 2. The van der Waals surface area contributed by atoms with Crippen LogP contribution in [0.4, 0.5) is 0 Å². The molecule has 0 radical (unpaired) electrons. The zero-order valence-electron chi connectivity index (χ0n) is 12.6. The molecule has 0 spiro atoms. The van der Waals surface area contributed by atoms with Gasteiger partial charge in [0.05, 0.1) is 0 Å². The van der Waals surface area contributed by atoms with Gasteiger partial charge in [-0.3, -0.25) is 4.79 Å². The number of hydrogen-bond donors (Lipinski definition) is 0. The molecule has 0 unspecified atom stereocenters. The number of rotatable bonds is 5. The predicted molar refractivity (Wildman–Crippen MR) is 83.5 cm³/mol. The van der Waals surface area contributed by atoms with E-state index in [9.17, 15) is 4.79 Å². The van der Waals surface area contributed by atoms with Gasteiger partial charge in [-0.05, 0) is 63.9 Å². The smallest absolute Gasteiger partial charge is 0.254 e. The maximum Gasteiger partial charge on any atom is 0.254 e. The highest BCUT2D eigenvalue weighted by Gasteiger charge is 2.25.